The monoisotopic (exact) mass is 305 g/mol. The molecule has 3 N–H and O–H groups in total. The number of benzene rings is 3. The first-order valence-electron chi connectivity index (χ1n) is 7.10. The van der Waals surface area contributed by atoms with Gasteiger partial charge in [-0.25, -0.2) is 4.79 Å². The third-order valence-corrected chi connectivity index (χ3v) is 3.45. The van der Waals surface area contributed by atoms with Crippen molar-refractivity contribution in [3.05, 3.63) is 78.4 Å². The number of ether oxygens (including phenoxy) is 1. The molecule has 4 nitrogen and oxygen atoms in total. The van der Waals surface area contributed by atoms with Gasteiger partial charge in [-0.3, -0.25) is 0 Å². The van der Waals surface area contributed by atoms with Crippen molar-refractivity contribution >= 4 is 11.7 Å². The zero-order chi connectivity index (χ0) is 16.2. The van der Waals surface area contributed by atoms with E-state index in [-0.39, 0.29) is 11.3 Å². The Hall–Kier alpha value is -3.27. The molecule has 0 bridgehead atoms. The normalized spacial score (nSPS) is 10.3. The molecule has 4 heteroatoms. The van der Waals surface area contributed by atoms with Crippen molar-refractivity contribution in [2.45, 2.75) is 0 Å². The molecule has 3 aromatic carbocycles. The fraction of sp³-hybridized carbons (Fsp3) is 0. The van der Waals surface area contributed by atoms with Crippen molar-refractivity contribution < 1.29 is 14.6 Å². The van der Waals surface area contributed by atoms with Crippen molar-refractivity contribution in [2.75, 3.05) is 5.73 Å². The third-order valence-electron chi connectivity index (χ3n) is 3.45. The maximum atomic E-state index is 11.2. The highest BCUT2D eigenvalue weighted by atomic mass is 16.5. The molecule has 0 radical (unpaired) electrons. The number of nitrogen functional groups attached to an aromatic ring is 1. The molecule has 3 rings (SSSR count). The van der Waals surface area contributed by atoms with Gasteiger partial charge in [0, 0.05) is 11.3 Å². The highest BCUT2D eigenvalue weighted by Crippen LogP contribution is 2.33. The molecule has 23 heavy (non-hydrogen) atoms. The van der Waals surface area contributed by atoms with Gasteiger partial charge in [0.1, 0.15) is 11.5 Å². The number of anilines is 1. The highest BCUT2D eigenvalue weighted by molar-refractivity contribution is 5.94. The minimum atomic E-state index is -1.08. The standard InChI is InChI=1S/C19H15NO3/c20-17-11-10-14(12-16(17)19(21)22)23-18-9-5-4-8-15(18)13-6-2-1-3-7-13/h1-12H,20H2,(H,21,22). The highest BCUT2D eigenvalue weighted by Gasteiger charge is 2.11. The lowest BCUT2D eigenvalue weighted by Gasteiger charge is -2.12. The molecule has 114 valence electrons. The number of hydrogen-bond donors (Lipinski definition) is 2. The summed E-state index contributed by atoms with van der Waals surface area (Å²) in [5.41, 5.74) is 7.86. The number of hydrogen-bond acceptors (Lipinski definition) is 3. The van der Waals surface area contributed by atoms with Gasteiger partial charge in [0.2, 0.25) is 0 Å². The third kappa shape index (κ3) is 3.16. The molecule has 0 aliphatic carbocycles. The van der Waals surface area contributed by atoms with Crippen LogP contribution < -0.4 is 10.5 Å². The van der Waals surface area contributed by atoms with Gasteiger partial charge in [0.15, 0.2) is 0 Å². The van der Waals surface area contributed by atoms with Gasteiger partial charge in [-0.15, -0.1) is 0 Å². The van der Waals surface area contributed by atoms with Crippen LogP contribution in [-0.2, 0) is 0 Å². The molecule has 0 fully saturated rings. The van der Waals surface area contributed by atoms with Crippen LogP contribution in [0.1, 0.15) is 10.4 Å². The zero-order valence-electron chi connectivity index (χ0n) is 12.3. The van der Waals surface area contributed by atoms with E-state index in [1.165, 1.54) is 12.1 Å². The number of para-hydroxylation sites is 1. The number of rotatable bonds is 4. The maximum absolute atomic E-state index is 11.2. The average molecular weight is 305 g/mol. The Morgan fingerprint density at radius 3 is 2.35 bits per heavy atom. The molecule has 0 atom stereocenters. The molecule has 0 saturated carbocycles. The second kappa shape index (κ2) is 6.23. The van der Waals surface area contributed by atoms with Gasteiger partial charge in [-0.1, -0.05) is 48.5 Å². The molecule has 0 unspecified atom stereocenters. The largest absolute Gasteiger partial charge is 0.478 e. The molecule has 0 saturated heterocycles. The molecule has 0 aliphatic rings. The molecule has 0 amide bonds. The van der Waals surface area contributed by atoms with Crippen LogP contribution in [-0.4, -0.2) is 11.1 Å². The number of carboxylic acid groups (broad SMARTS) is 1. The molecule has 0 heterocycles. The van der Waals surface area contributed by atoms with E-state index in [0.717, 1.165) is 11.1 Å². The summed E-state index contributed by atoms with van der Waals surface area (Å²) >= 11 is 0. The first-order valence-corrected chi connectivity index (χ1v) is 7.10. The van der Waals surface area contributed by atoms with E-state index in [1.54, 1.807) is 6.07 Å². The lowest BCUT2D eigenvalue weighted by Crippen LogP contribution is -2.02. The summed E-state index contributed by atoms with van der Waals surface area (Å²) in [5.74, 6) is 0.00378. The van der Waals surface area contributed by atoms with Crippen LogP contribution in [0.5, 0.6) is 11.5 Å². The zero-order valence-corrected chi connectivity index (χ0v) is 12.3. The topological polar surface area (TPSA) is 72.5 Å². The van der Waals surface area contributed by atoms with Gasteiger partial charge in [-0.2, -0.15) is 0 Å². The smallest absolute Gasteiger partial charge is 0.337 e. The molecular weight excluding hydrogens is 290 g/mol. The van der Waals surface area contributed by atoms with E-state index in [1.807, 2.05) is 54.6 Å². The van der Waals surface area contributed by atoms with Gasteiger partial charge in [-0.05, 0) is 29.8 Å². The van der Waals surface area contributed by atoms with Crippen molar-refractivity contribution in [2.24, 2.45) is 0 Å². The van der Waals surface area contributed by atoms with Crippen molar-refractivity contribution in [1.82, 2.24) is 0 Å². The van der Waals surface area contributed by atoms with E-state index >= 15 is 0 Å². The minimum absolute atomic E-state index is 0.0275. The van der Waals surface area contributed by atoms with Crippen molar-refractivity contribution in [3.63, 3.8) is 0 Å². The molecule has 3 aromatic rings. The van der Waals surface area contributed by atoms with Crippen LogP contribution in [0.3, 0.4) is 0 Å². The number of carboxylic acids is 1. The lowest BCUT2D eigenvalue weighted by atomic mass is 10.0. The first-order chi connectivity index (χ1) is 11.1. The summed E-state index contributed by atoms with van der Waals surface area (Å²) in [6.45, 7) is 0. The lowest BCUT2D eigenvalue weighted by molar-refractivity contribution is 0.0697. The van der Waals surface area contributed by atoms with Crippen LogP contribution in [0.2, 0.25) is 0 Å². The summed E-state index contributed by atoms with van der Waals surface area (Å²) in [6.07, 6.45) is 0. The number of nitrogens with two attached hydrogens (primary N) is 1. The predicted molar refractivity (Wildman–Crippen MR) is 89.8 cm³/mol. The Bertz CT molecular complexity index is 844. The van der Waals surface area contributed by atoms with Crippen molar-refractivity contribution in [3.8, 4) is 22.6 Å². The first kappa shape index (κ1) is 14.7. The number of carbonyl (C=O) groups is 1. The Morgan fingerprint density at radius 1 is 0.913 bits per heavy atom. The Kier molecular flexibility index (Phi) is 3.97. The Morgan fingerprint density at radius 2 is 1.61 bits per heavy atom. The van der Waals surface area contributed by atoms with Crippen LogP contribution in [0.25, 0.3) is 11.1 Å². The summed E-state index contributed by atoms with van der Waals surface area (Å²) in [6, 6.07) is 22.1. The van der Waals surface area contributed by atoms with Crippen molar-refractivity contribution in [1.29, 1.82) is 0 Å². The summed E-state index contributed by atoms with van der Waals surface area (Å²) in [5, 5.41) is 9.15. The molecule has 0 aliphatic heterocycles. The van der Waals surface area contributed by atoms with E-state index in [4.69, 9.17) is 15.6 Å². The minimum Gasteiger partial charge on any atom is -0.478 e. The van der Waals surface area contributed by atoms with E-state index in [2.05, 4.69) is 0 Å². The van der Waals surface area contributed by atoms with E-state index in [0.29, 0.717) is 11.5 Å². The number of aromatic carboxylic acids is 1. The van der Waals surface area contributed by atoms with Gasteiger partial charge >= 0.3 is 5.97 Å². The summed E-state index contributed by atoms with van der Waals surface area (Å²) < 4.78 is 5.89. The molecule has 0 spiro atoms. The predicted octanol–water partition coefficient (Wildman–Crippen LogP) is 4.43. The van der Waals surface area contributed by atoms with Crippen LogP contribution in [0, 0.1) is 0 Å². The summed E-state index contributed by atoms with van der Waals surface area (Å²) in [7, 11) is 0. The van der Waals surface area contributed by atoms with Crippen LogP contribution >= 0.6 is 0 Å². The SMILES string of the molecule is Nc1ccc(Oc2ccccc2-c2ccccc2)cc1C(=O)O. The maximum Gasteiger partial charge on any atom is 0.337 e. The van der Waals surface area contributed by atoms with E-state index in [9.17, 15) is 4.79 Å². The second-order valence-electron chi connectivity index (χ2n) is 5.02. The fourth-order valence-electron chi connectivity index (χ4n) is 2.32. The van der Waals surface area contributed by atoms with Crippen LogP contribution in [0.4, 0.5) is 5.69 Å². The quantitative estimate of drug-likeness (QED) is 0.700. The second-order valence-corrected chi connectivity index (χ2v) is 5.02. The Balaban J connectivity index is 1.99. The van der Waals surface area contributed by atoms with Gasteiger partial charge in [0.05, 0.1) is 5.56 Å². The fourth-order valence-corrected chi connectivity index (χ4v) is 2.32. The van der Waals surface area contributed by atoms with Gasteiger partial charge in [0.25, 0.3) is 0 Å². The summed E-state index contributed by atoms with van der Waals surface area (Å²) in [4.78, 5) is 11.2. The van der Waals surface area contributed by atoms with Gasteiger partial charge < -0.3 is 15.6 Å². The van der Waals surface area contributed by atoms with Crippen LogP contribution in [0.15, 0.2) is 72.8 Å². The average Bonchev–Trinajstić information content (AvgIpc) is 2.57. The van der Waals surface area contributed by atoms with E-state index < -0.39 is 5.97 Å². The Labute approximate surface area is 133 Å². The molecule has 0 aromatic heterocycles. The molecular formula is C19H15NO3.